The number of nitrogens with zero attached hydrogens (tertiary/aromatic N) is 3. The lowest BCUT2D eigenvalue weighted by Gasteiger charge is -2.10. The van der Waals surface area contributed by atoms with Crippen molar-refractivity contribution >= 4 is 11.9 Å². The molecule has 0 bridgehead atoms. The van der Waals surface area contributed by atoms with Crippen molar-refractivity contribution in [2.45, 2.75) is 13.5 Å². The van der Waals surface area contributed by atoms with Gasteiger partial charge in [0, 0.05) is 0 Å². The average molecular weight is 259 g/mol. The molecule has 1 aromatic heterocycles. The molecule has 0 fully saturated rings. The standard InChI is InChI=1S/C12H11N3O4/c1-7-4-2-3-5-8(7)6-15-10(12(18)19)9(11(16)17)13-14-15/h2-5H,6H2,1H3,(H,16,17)(H,18,19)/p-2. The van der Waals surface area contributed by atoms with Crippen LogP contribution < -0.4 is 10.2 Å². The van der Waals surface area contributed by atoms with Crippen LogP contribution >= 0.6 is 0 Å². The second-order valence-corrected chi connectivity index (χ2v) is 3.95. The Balaban J connectivity index is 2.44. The van der Waals surface area contributed by atoms with Crippen molar-refractivity contribution in [1.29, 1.82) is 0 Å². The zero-order chi connectivity index (χ0) is 14.0. The van der Waals surface area contributed by atoms with Gasteiger partial charge >= 0.3 is 0 Å². The van der Waals surface area contributed by atoms with Gasteiger partial charge in [0.05, 0.1) is 18.5 Å². The van der Waals surface area contributed by atoms with Crippen molar-refractivity contribution in [1.82, 2.24) is 15.0 Å². The second-order valence-electron chi connectivity index (χ2n) is 3.95. The van der Waals surface area contributed by atoms with Crippen molar-refractivity contribution in [3.05, 3.63) is 46.8 Å². The fourth-order valence-corrected chi connectivity index (χ4v) is 1.71. The van der Waals surface area contributed by atoms with Crippen molar-refractivity contribution in [2.24, 2.45) is 0 Å². The van der Waals surface area contributed by atoms with Gasteiger partial charge in [0.2, 0.25) is 0 Å². The van der Waals surface area contributed by atoms with Gasteiger partial charge in [-0.05, 0) is 18.1 Å². The van der Waals surface area contributed by atoms with E-state index in [0.717, 1.165) is 15.8 Å². The quantitative estimate of drug-likeness (QED) is 0.651. The topological polar surface area (TPSA) is 111 Å². The van der Waals surface area contributed by atoms with Crippen molar-refractivity contribution in [2.75, 3.05) is 0 Å². The first-order chi connectivity index (χ1) is 9.00. The Bertz CT molecular complexity index is 648. The van der Waals surface area contributed by atoms with E-state index in [-0.39, 0.29) is 6.54 Å². The summed E-state index contributed by atoms with van der Waals surface area (Å²) in [4.78, 5) is 21.7. The molecule has 0 unspecified atom stereocenters. The van der Waals surface area contributed by atoms with Crippen LogP contribution in [-0.4, -0.2) is 26.9 Å². The first-order valence-corrected chi connectivity index (χ1v) is 5.41. The van der Waals surface area contributed by atoms with Gasteiger partial charge in [-0.25, -0.2) is 4.68 Å². The number of carboxylic acids is 2. The van der Waals surface area contributed by atoms with Gasteiger partial charge in [-0.2, -0.15) is 0 Å². The van der Waals surface area contributed by atoms with Crippen LogP contribution in [-0.2, 0) is 6.54 Å². The molecule has 98 valence electrons. The average Bonchev–Trinajstić information content (AvgIpc) is 2.76. The molecular weight excluding hydrogens is 250 g/mol. The Morgan fingerprint density at radius 3 is 2.47 bits per heavy atom. The minimum absolute atomic E-state index is 0.0935. The molecule has 0 amide bonds. The van der Waals surface area contributed by atoms with Crippen LogP contribution in [0, 0.1) is 6.92 Å². The lowest BCUT2D eigenvalue weighted by atomic mass is 10.1. The van der Waals surface area contributed by atoms with E-state index in [2.05, 4.69) is 10.3 Å². The summed E-state index contributed by atoms with van der Waals surface area (Å²) >= 11 is 0. The minimum Gasteiger partial charge on any atom is -0.543 e. The predicted molar refractivity (Wildman–Crippen MR) is 59.0 cm³/mol. The van der Waals surface area contributed by atoms with Crippen molar-refractivity contribution in [3.8, 4) is 0 Å². The molecule has 0 aliphatic carbocycles. The Labute approximate surface area is 108 Å². The highest BCUT2D eigenvalue weighted by atomic mass is 16.4. The Morgan fingerprint density at radius 1 is 1.21 bits per heavy atom. The van der Waals surface area contributed by atoms with E-state index in [9.17, 15) is 19.8 Å². The molecule has 0 saturated carbocycles. The maximum atomic E-state index is 11.0. The lowest BCUT2D eigenvalue weighted by Crippen LogP contribution is -2.32. The maximum Gasteiger partial charge on any atom is 0.137 e. The fraction of sp³-hybridized carbons (Fsp3) is 0.167. The zero-order valence-electron chi connectivity index (χ0n) is 9.99. The fourth-order valence-electron chi connectivity index (χ4n) is 1.71. The van der Waals surface area contributed by atoms with Gasteiger partial charge in [-0.1, -0.05) is 29.5 Å². The summed E-state index contributed by atoms with van der Waals surface area (Å²) in [6.07, 6.45) is 0. The number of benzene rings is 1. The molecule has 7 nitrogen and oxygen atoms in total. The molecule has 0 aliphatic heterocycles. The highest BCUT2D eigenvalue weighted by molar-refractivity contribution is 5.97. The van der Waals surface area contributed by atoms with Crippen LogP contribution in [0.15, 0.2) is 24.3 Å². The van der Waals surface area contributed by atoms with E-state index in [1.165, 1.54) is 0 Å². The zero-order valence-corrected chi connectivity index (χ0v) is 9.99. The van der Waals surface area contributed by atoms with Gasteiger partial charge in [0.15, 0.2) is 0 Å². The Kier molecular flexibility index (Phi) is 3.28. The summed E-state index contributed by atoms with van der Waals surface area (Å²) in [7, 11) is 0. The third-order valence-corrected chi connectivity index (χ3v) is 2.70. The summed E-state index contributed by atoms with van der Waals surface area (Å²) < 4.78 is 0.975. The molecule has 7 heteroatoms. The molecule has 0 saturated heterocycles. The molecular formula is C12H9N3O4-2. The predicted octanol–water partition coefficient (Wildman–Crippen LogP) is -1.64. The summed E-state index contributed by atoms with van der Waals surface area (Å²) in [5.74, 6) is -3.35. The van der Waals surface area contributed by atoms with Crippen molar-refractivity contribution < 1.29 is 19.8 Å². The number of carboxylic acid groups (broad SMARTS) is 2. The highest BCUT2D eigenvalue weighted by Crippen LogP contribution is 2.11. The molecule has 2 aromatic rings. The molecule has 0 aliphatic rings. The van der Waals surface area contributed by atoms with Gasteiger partial charge < -0.3 is 19.8 Å². The number of rotatable bonds is 4. The lowest BCUT2D eigenvalue weighted by molar-refractivity contribution is -0.260. The number of hydrogen-bond acceptors (Lipinski definition) is 6. The third-order valence-electron chi connectivity index (χ3n) is 2.70. The van der Waals surface area contributed by atoms with Crippen LogP contribution in [0.3, 0.4) is 0 Å². The minimum atomic E-state index is -1.70. The third kappa shape index (κ3) is 2.44. The van der Waals surface area contributed by atoms with Crippen LogP contribution in [0.25, 0.3) is 0 Å². The van der Waals surface area contributed by atoms with Crippen LogP contribution in [0.2, 0.25) is 0 Å². The summed E-state index contributed by atoms with van der Waals surface area (Å²) in [6, 6.07) is 7.27. The molecule has 0 spiro atoms. The van der Waals surface area contributed by atoms with E-state index >= 15 is 0 Å². The first kappa shape index (κ1) is 12.7. The number of carbonyl (C=O) groups excluding carboxylic acids is 2. The molecule has 19 heavy (non-hydrogen) atoms. The van der Waals surface area contributed by atoms with Gasteiger partial charge in [-0.3, -0.25) is 0 Å². The largest absolute Gasteiger partial charge is 0.543 e. The van der Waals surface area contributed by atoms with Crippen molar-refractivity contribution in [3.63, 3.8) is 0 Å². The number of aryl methyl sites for hydroxylation is 1. The van der Waals surface area contributed by atoms with E-state index in [1.54, 1.807) is 12.1 Å². The van der Waals surface area contributed by atoms with E-state index in [0.29, 0.717) is 0 Å². The Morgan fingerprint density at radius 2 is 1.89 bits per heavy atom. The van der Waals surface area contributed by atoms with Crippen LogP contribution in [0.4, 0.5) is 0 Å². The molecule has 2 rings (SSSR count). The molecule has 0 radical (unpaired) electrons. The molecule has 0 atom stereocenters. The van der Waals surface area contributed by atoms with Crippen LogP contribution in [0.5, 0.6) is 0 Å². The second kappa shape index (κ2) is 4.89. The number of hydrogen-bond donors (Lipinski definition) is 0. The van der Waals surface area contributed by atoms with Crippen LogP contribution in [0.1, 0.15) is 32.1 Å². The molecule has 0 N–H and O–H groups in total. The summed E-state index contributed by atoms with van der Waals surface area (Å²) in [5, 5.41) is 28.5. The normalized spacial score (nSPS) is 10.4. The van der Waals surface area contributed by atoms with E-state index in [1.807, 2.05) is 19.1 Å². The Hall–Kier alpha value is -2.70. The van der Waals surface area contributed by atoms with E-state index < -0.39 is 23.3 Å². The summed E-state index contributed by atoms with van der Waals surface area (Å²) in [6.45, 7) is 1.95. The maximum absolute atomic E-state index is 11.0. The number of carbonyl (C=O) groups is 2. The number of aromatic carboxylic acids is 2. The van der Waals surface area contributed by atoms with Gasteiger partial charge in [-0.15, -0.1) is 5.10 Å². The summed E-state index contributed by atoms with van der Waals surface area (Å²) in [5.41, 5.74) is 0.411. The smallest absolute Gasteiger partial charge is 0.137 e. The van der Waals surface area contributed by atoms with E-state index in [4.69, 9.17) is 0 Å². The number of aromatic nitrogens is 3. The SMILES string of the molecule is Cc1ccccc1Cn1nnc(C(=O)[O-])c1C(=O)[O-]. The first-order valence-electron chi connectivity index (χ1n) is 5.41. The van der Waals surface area contributed by atoms with Gasteiger partial charge in [0.25, 0.3) is 0 Å². The molecule has 1 heterocycles. The highest BCUT2D eigenvalue weighted by Gasteiger charge is 2.15. The molecule has 1 aromatic carbocycles. The van der Waals surface area contributed by atoms with Gasteiger partial charge in [0.1, 0.15) is 11.4 Å². The monoisotopic (exact) mass is 259 g/mol.